The van der Waals surface area contributed by atoms with Crippen LogP contribution in [0.15, 0.2) is 57.4 Å². The van der Waals surface area contributed by atoms with Crippen LogP contribution >= 0.6 is 15.9 Å². The lowest BCUT2D eigenvalue weighted by Gasteiger charge is -2.05. The Morgan fingerprint density at radius 1 is 1.12 bits per heavy atom. The number of hydrogen-bond donors (Lipinski definition) is 1. The van der Waals surface area contributed by atoms with E-state index in [4.69, 9.17) is 9.15 Å². The molecular formula is C17H14BrN3O3. The van der Waals surface area contributed by atoms with Gasteiger partial charge in [0.25, 0.3) is 5.89 Å². The molecule has 24 heavy (non-hydrogen) atoms. The van der Waals surface area contributed by atoms with Crippen LogP contribution in [-0.4, -0.2) is 16.1 Å². The number of amides is 1. The van der Waals surface area contributed by atoms with Crippen LogP contribution in [0.5, 0.6) is 5.75 Å². The van der Waals surface area contributed by atoms with Crippen LogP contribution in [0.1, 0.15) is 12.8 Å². The smallest absolute Gasteiger partial charge is 0.254 e. The molecule has 1 heterocycles. The van der Waals surface area contributed by atoms with Crippen LogP contribution in [0.3, 0.4) is 0 Å². The Morgan fingerprint density at radius 3 is 2.50 bits per heavy atom. The van der Waals surface area contributed by atoms with Gasteiger partial charge in [0.2, 0.25) is 11.8 Å². The topological polar surface area (TPSA) is 77.2 Å². The van der Waals surface area contributed by atoms with E-state index in [9.17, 15) is 4.79 Å². The average molecular weight is 388 g/mol. The second-order valence-electron chi connectivity index (χ2n) is 5.00. The fraction of sp³-hybridized carbons (Fsp3) is 0.118. The number of hydrogen-bond acceptors (Lipinski definition) is 5. The van der Waals surface area contributed by atoms with Gasteiger partial charge in [-0.05, 0) is 48.5 Å². The van der Waals surface area contributed by atoms with Crippen LogP contribution in [-0.2, 0) is 11.4 Å². The number of carbonyl (C=O) groups excluding carboxylic acids is 1. The minimum atomic E-state index is -0.116. The lowest BCUT2D eigenvalue weighted by atomic mass is 10.2. The van der Waals surface area contributed by atoms with Gasteiger partial charge in [0.15, 0.2) is 6.61 Å². The highest BCUT2D eigenvalue weighted by Gasteiger charge is 2.09. The van der Waals surface area contributed by atoms with Crippen LogP contribution in [0.25, 0.3) is 11.5 Å². The fourth-order valence-electron chi connectivity index (χ4n) is 2.00. The third-order valence-corrected chi connectivity index (χ3v) is 3.62. The predicted molar refractivity (Wildman–Crippen MR) is 92.5 cm³/mol. The van der Waals surface area contributed by atoms with Gasteiger partial charge in [0.05, 0.1) is 0 Å². The Balaban J connectivity index is 1.61. The molecule has 0 aliphatic rings. The molecule has 0 fully saturated rings. The van der Waals surface area contributed by atoms with Gasteiger partial charge in [-0.1, -0.05) is 15.9 Å². The molecule has 3 aromatic rings. The first-order chi connectivity index (χ1) is 11.6. The molecule has 0 bridgehead atoms. The molecule has 0 aliphatic carbocycles. The molecule has 1 amide bonds. The normalized spacial score (nSPS) is 10.4. The van der Waals surface area contributed by atoms with Crippen molar-refractivity contribution in [1.29, 1.82) is 0 Å². The summed E-state index contributed by atoms with van der Waals surface area (Å²) in [6.07, 6.45) is 0. The van der Waals surface area contributed by atoms with Gasteiger partial charge < -0.3 is 14.5 Å². The summed E-state index contributed by atoms with van der Waals surface area (Å²) >= 11 is 3.38. The van der Waals surface area contributed by atoms with Gasteiger partial charge in [-0.15, -0.1) is 10.2 Å². The molecule has 6 nitrogen and oxygen atoms in total. The van der Waals surface area contributed by atoms with Crippen molar-refractivity contribution in [3.8, 4) is 17.2 Å². The van der Waals surface area contributed by atoms with E-state index < -0.39 is 0 Å². The molecule has 0 atom stereocenters. The Hall–Kier alpha value is -2.67. The monoisotopic (exact) mass is 387 g/mol. The predicted octanol–water partition coefficient (Wildman–Crippen LogP) is 4.04. The molecule has 122 valence electrons. The summed E-state index contributed by atoms with van der Waals surface area (Å²) in [6, 6.07) is 14.6. The van der Waals surface area contributed by atoms with Crippen molar-refractivity contribution in [3.63, 3.8) is 0 Å². The van der Waals surface area contributed by atoms with E-state index in [1.165, 1.54) is 6.92 Å². The first-order valence-corrected chi connectivity index (χ1v) is 7.98. The van der Waals surface area contributed by atoms with E-state index in [2.05, 4.69) is 31.4 Å². The molecule has 7 heteroatoms. The van der Waals surface area contributed by atoms with Gasteiger partial charge in [-0.3, -0.25) is 4.79 Å². The molecule has 0 spiro atoms. The number of nitrogens with zero attached hydrogens (tertiary/aromatic N) is 2. The van der Waals surface area contributed by atoms with Gasteiger partial charge in [-0.2, -0.15) is 0 Å². The van der Waals surface area contributed by atoms with Gasteiger partial charge in [-0.25, -0.2) is 0 Å². The molecule has 0 saturated heterocycles. The van der Waals surface area contributed by atoms with Crippen molar-refractivity contribution < 1.29 is 13.9 Å². The zero-order valence-electron chi connectivity index (χ0n) is 12.8. The first-order valence-electron chi connectivity index (χ1n) is 7.19. The fourth-order valence-corrected chi connectivity index (χ4v) is 2.27. The van der Waals surface area contributed by atoms with Crippen molar-refractivity contribution in [1.82, 2.24) is 10.2 Å². The molecule has 0 unspecified atom stereocenters. The number of anilines is 1. The number of benzene rings is 2. The molecular weight excluding hydrogens is 374 g/mol. The number of aromatic nitrogens is 2. The highest BCUT2D eigenvalue weighted by atomic mass is 79.9. The van der Waals surface area contributed by atoms with E-state index in [0.29, 0.717) is 23.2 Å². The molecule has 1 aromatic heterocycles. The van der Waals surface area contributed by atoms with Crippen LogP contribution < -0.4 is 10.1 Å². The Kier molecular flexibility index (Phi) is 4.90. The molecule has 1 N–H and O–H groups in total. The first kappa shape index (κ1) is 16.2. The third-order valence-electron chi connectivity index (χ3n) is 3.10. The molecule has 0 aliphatic heterocycles. The minimum absolute atomic E-state index is 0.116. The quantitative estimate of drug-likeness (QED) is 0.714. The van der Waals surface area contributed by atoms with E-state index in [0.717, 1.165) is 10.0 Å². The SMILES string of the molecule is CC(=O)Nc1ccc(OCc2nnc(-c3ccc(Br)cc3)o2)cc1. The maximum absolute atomic E-state index is 11.0. The summed E-state index contributed by atoms with van der Waals surface area (Å²) in [4.78, 5) is 11.0. The van der Waals surface area contributed by atoms with Gasteiger partial charge >= 0.3 is 0 Å². The largest absolute Gasteiger partial charge is 0.484 e. The summed E-state index contributed by atoms with van der Waals surface area (Å²) in [5.74, 6) is 1.36. The number of nitrogens with one attached hydrogen (secondary N) is 1. The molecule has 3 rings (SSSR count). The Bertz CT molecular complexity index is 829. The molecule has 0 radical (unpaired) electrons. The second kappa shape index (κ2) is 7.27. The maximum Gasteiger partial charge on any atom is 0.254 e. The highest BCUT2D eigenvalue weighted by Crippen LogP contribution is 2.21. The van der Waals surface area contributed by atoms with Crippen molar-refractivity contribution in [2.45, 2.75) is 13.5 Å². The van der Waals surface area contributed by atoms with E-state index in [1.807, 2.05) is 24.3 Å². The summed E-state index contributed by atoms with van der Waals surface area (Å²) in [5, 5.41) is 10.7. The third kappa shape index (κ3) is 4.20. The lowest BCUT2D eigenvalue weighted by molar-refractivity contribution is -0.114. The number of carbonyl (C=O) groups is 1. The highest BCUT2D eigenvalue weighted by molar-refractivity contribution is 9.10. The van der Waals surface area contributed by atoms with Crippen molar-refractivity contribution in [3.05, 3.63) is 58.9 Å². The van der Waals surface area contributed by atoms with E-state index in [-0.39, 0.29) is 12.5 Å². The standard InChI is InChI=1S/C17H14BrN3O3/c1-11(22)19-14-6-8-15(9-7-14)23-10-16-20-21-17(24-16)12-2-4-13(18)5-3-12/h2-9H,10H2,1H3,(H,19,22). The van der Waals surface area contributed by atoms with Crippen molar-refractivity contribution in [2.75, 3.05) is 5.32 Å². The van der Waals surface area contributed by atoms with Crippen LogP contribution in [0.2, 0.25) is 0 Å². The summed E-state index contributed by atoms with van der Waals surface area (Å²) < 4.78 is 12.2. The average Bonchev–Trinajstić information content (AvgIpc) is 3.03. The summed E-state index contributed by atoms with van der Waals surface area (Å²) in [6.45, 7) is 1.63. The van der Waals surface area contributed by atoms with Crippen molar-refractivity contribution in [2.24, 2.45) is 0 Å². The van der Waals surface area contributed by atoms with Crippen molar-refractivity contribution >= 4 is 27.5 Å². The maximum atomic E-state index is 11.0. The van der Waals surface area contributed by atoms with E-state index >= 15 is 0 Å². The number of rotatable bonds is 5. The molecule has 2 aromatic carbocycles. The zero-order valence-corrected chi connectivity index (χ0v) is 14.4. The van der Waals surface area contributed by atoms with Gasteiger partial charge in [0, 0.05) is 22.6 Å². The Labute approximate surface area is 147 Å². The Morgan fingerprint density at radius 2 is 1.83 bits per heavy atom. The molecule has 0 saturated carbocycles. The summed E-state index contributed by atoms with van der Waals surface area (Å²) in [7, 11) is 0. The van der Waals surface area contributed by atoms with Crippen LogP contribution in [0, 0.1) is 0 Å². The second-order valence-corrected chi connectivity index (χ2v) is 5.92. The minimum Gasteiger partial charge on any atom is -0.484 e. The van der Waals surface area contributed by atoms with Crippen LogP contribution in [0.4, 0.5) is 5.69 Å². The summed E-state index contributed by atoms with van der Waals surface area (Å²) in [5.41, 5.74) is 1.56. The lowest BCUT2D eigenvalue weighted by Crippen LogP contribution is -2.05. The van der Waals surface area contributed by atoms with Gasteiger partial charge in [0.1, 0.15) is 5.75 Å². The van der Waals surface area contributed by atoms with E-state index in [1.54, 1.807) is 24.3 Å². The number of ether oxygens (including phenoxy) is 1. The number of halogens is 1. The zero-order chi connectivity index (χ0) is 16.9.